The molecule has 0 unspecified atom stereocenters. The Hall–Kier alpha value is -1.20. The summed E-state index contributed by atoms with van der Waals surface area (Å²) in [5.74, 6) is 0.660. The van der Waals surface area contributed by atoms with Gasteiger partial charge in [0.1, 0.15) is 10.7 Å². The highest BCUT2D eigenvalue weighted by atomic mass is 32.1. The van der Waals surface area contributed by atoms with Crippen LogP contribution in [0.15, 0.2) is 4.79 Å². The van der Waals surface area contributed by atoms with E-state index in [1.807, 2.05) is 6.92 Å². The minimum Gasteiger partial charge on any atom is -0.330 e. The van der Waals surface area contributed by atoms with Crippen molar-refractivity contribution in [3.8, 4) is 0 Å². The summed E-state index contributed by atoms with van der Waals surface area (Å²) in [6, 6.07) is 0. The number of aryl methyl sites for hydroxylation is 2. The molecule has 0 atom stereocenters. The molecular formula is C10H13N3OS. The summed E-state index contributed by atoms with van der Waals surface area (Å²) in [7, 11) is 0. The summed E-state index contributed by atoms with van der Waals surface area (Å²) in [5.41, 5.74) is 6.50. The highest BCUT2D eigenvalue weighted by molar-refractivity contribution is 7.18. The fraction of sp³-hybridized carbons (Fsp3) is 0.400. The number of aromatic amines is 1. The third-order valence-electron chi connectivity index (χ3n) is 2.39. The maximum absolute atomic E-state index is 11.7. The van der Waals surface area contributed by atoms with Crippen LogP contribution in [0.5, 0.6) is 0 Å². The van der Waals surface area contributed by atoms with E-state index in [-0.39, 0.29) is 5.56 Å². The molecule has 2 aromatic heterocycles. The van der Waals surface area contributed by atoms with E-state index in [4.69, 9.17) is 5.73 Å². The lowest BCUT2D eigenvalue weighted by Crippen LogP contribution is -2.09. The fourth-order valence-electron chi connectivity index (χ4n) is 1.67. The van der Waals surface area contributed by atoms with Crippen molar-refractivity contribution in [2.45, 2.75) is 20.3 Å². The SMILES string of the molecule is Cc1nc2sc(CCN)c(C)c2c(=O)[nH]1. The molecule has 0 spiro atoms. The first-order valence-corrected chi connectivity index (χ1v) is 5.64. The molecule has 0 saturated heterocycles. The van der Waals surface area contributed by atoms with Gasteiger partial charge in [-0.3, -0.25) is 4.79 Å². The predicted octanol–water partition coefficient (Wildman–Crippen LogP) is 1.10. The molecule has 80 valence electrons. The zero-order valence-electron chi connectivity index (χ0n) is 8.76. The van der Waals surface area contributed by atoms with E-state index in [0.29, 0.717) is 17.8 Å². The number of aromatic nitrogens is 2. The first-order chi connectivity index (χ1) is 7.13. The number of nitrogens with one attached hydrogen (secondary N) is 1. The van der Waals surface area contributed by atoms with E-state index >= 15 is 0 Å². The molecule has 15 heavy (non-hydrogen) atoms. The Bertz CT molecular complexity index is 556. The Kier molecular flexibility index (Phi) is 2.58. The van der Waals surface area contributed by atoms with Crippen LogP contribution >= 0.6 is 11.3 Å². The smallest absolute Gasteiger partial charge is 0.259 e. The molecule has 0 amide bonds. The lowest BCUT2D eigenvalue weighted by Gasteiger charge is -1.94. The van der Waals surface area contributed by atoms with Gasteiger partial charge in [-0.1, -0.05) is 0 Å². The Morgan fingerprint density at radius 1 is 1.47 bits per heavy atom. The molecule has 2 rings (SSSR count). The summed E-state index contributed by atoms with van der Waals surface area (Å²) in [4.78, 5) is 20.7. The quantitative estimate of drug-likeness (QED) is 0.801. The van der Waals surface area contributed by atoms with E-state index in [9.17, 15) is 4.79 Å². The van der Waals surface area contributed by atoms with Gasteiger partial charge in [0.05, 0.1) is 5.39 Å². The van der Waals surface area contributed by atoms with Gasteiger partial charge in [-0.15, -0.1) is 11.3 Å². The molecule has 2 heterocycles. The minimum atomic E-state index is -0.0467. The van der Waals surface area contributed by atoms with Crippen LogP contribution in [0, 0.1) is 13.8 Å². The number of thiophene rings is 1. The molecule has 0 saturated carbocycles. The molecule has 5 heteroatoms. The van der Waals surface area contributed by atoms with E-state index in [0.717, 1.165) is 21.7 Å². The second-order valence-corrected chi connectivity index (χ2v) is 4.60. The average molecular weight is 223 g/mol. The van der Waals surface area contributed by atoms with Crippen LogP contribution < -0.4 is 11.3 Å². The third-order valence-corrected chi connectivity index (χ3v) is 3.63. The Labute approximate surface area is 91.2 Å². The summed E-state index contributed by atoms with van der Waals surface area (Å²) >= 11 is 1.57. The zero-order chi connectivity index (χ0) is 11.0. The summed E-state index contributed by atoms with van der Waals surface area (Å²) < 4.78 is 0. The van der Waals surface area contributed by atoms with Crippen molar-refractivity contribution in [2.75, 3.05) is 6.54 Å². The molecule has 0 aliphatic heterocycles. The molecule has 0 aromatic carbocycles. The maximum Gasteiger partial charge on any atom is 0.259 e. The lowest BCUT2D eigenvalue weighted by molar-refractivity contribution is 0.981. The number of nitrogens with two attached hydrogens (primary N) is 1. The second kappa shape index (κ2) is 3.75. The van der Waals surface area contributed by atoms with Gasteiger partial charge in [0, 0.05) is 4.88 Å². The van der Waals surface area contributed by atoms with Gasteiger partial charge in [-0.25, -0.2) is 4.98 Å². The standard InChI is InChI=1S/C10H13N3OS/c1-5-7(3-4-11)15-10-8(5)9(14)12-6(2)13-10/h3-4,11H2,1-2H3,(H,12,13,14). The van der Waals surface area contributed by atoms with Crippen molar-refractivity contribution in [3.63, 3.8) is 0 Å². The van der Waals surface area contributed by atoms with E-state index in [1.165, 1.54) is 0 Å². The topological polar surface area (TPSA) is 71.8 Å². The van der Waals surface area contributed by atoms with Gasteiger partial charge < -0.3 is 10.7 Å². The number of H-pyrrole nitrogens is 1. The molecule has 0 aliphatic carbocycles. The van der Waals surface area contributed by atoms with E-state index in [2.05, 4.69) is 9.97 Å². The Balaban J connectivity index is 2.76. The van der Waals surface area contributed by atoms with Gasteiger partial charge in [-0.2, -0.15) is 0 Å². The summed E-state index contributed by atoms with van der Waals surface area (Å²) in [5, 5.41) is 0.717. The minimum absolute atomic E-state index is 0.0467. The van der Waals surface area contributed by atoms with E-state index in [1.54, 1.807) is 18.3 Å². The second-order valence-electron chi connectivity index (χ2n) is 3.52. The molecular weight excluding hydrogens is 210 g/mol. The van der Waals surface area contributed by atoms with Crippen LogP contribution in [-0.2, 0) is 6.42 Å². The number of hydrogen-bond acceptors (Lipinski definition) is 4. The van der Waals surface area contributed by atoms with Crippen molar-refractivity contribution < 1.29 is 0 Å². The van der Waals surface area contributed by atoms with Crippen molar-refractivity contribution in [1.82, 2.24) is 9.97 Å². The van der Waals surface area contributed by atoms with Gasteiger partial charge in [0.2, 0.25) is 0 Å². The number of rotatable bonds is 2. The fourth-order valence-corrected chi connectivity index (χ4v) is 2.91. The summed E-state index contributed by atoms with van der Waals surface area (Å²) in [6.07, 6.45) is 0.811. The Morgan fingerprint density at radius 2 is 2.20 bits per heavy atom. The first kappa shape index (κ1) is 10.3. The lowest BCUT2D eigenvalue weighted by atomic mass is 10.2. The monoisotopic (exact) mass is 223 g/mol. The van der Waals surface area contributed by atoms with Crippen LogP contribution in [-0.4, -0.2) is 16.5 Å². The molecule has 2 aromatic rings. The van der Waals surface area contributed by atoms with Gasteiger partial charge in [0.25, 0.3) is 5.56 Å². The predicted molar refractivity (Wildman–Crippen MR) is 62.5 cm³/mol. The van der Waals surface area contributed by atoms with Crippen LogP contribution in [0.4, 0.5) is 0 Å². The van der Waals surface area contributed by atoms with Gasteiger partial charge in [0.15, 0.2) is 0 Å². The molecule has 0 aliphatic rings. The Morgan fingerprint density at radius 3 is 2.87 bits per heavy atom. The van der Waals surface area contributed by atoms with Crippen LogP contribution in [0.3, 0.4) is 0 Å². The van der Waals surface area contributed by atoms with E-state index < -0.39 is 0 Å². The number of hydrogen-bond donors (Lipinski definition) is 2. The molecule has 4 nitrogen and oxygen atoms in total. The maximum atomic E-state index is 11.7. The van der Waals surface area contributed by atoms with Gasteiger partial charge >= 0.3 is 0 Å². The highest BCUT2D eigenvalue weighted by Crippen LogP contribution is 2.26. The molecule has 0 bridgehead atoms. The van der Waals surface area contributed by atoms with Crippen molar-refractivity contribution in [1.29, 1.82) is 0 Å². The first-order valence-electron chi connectivity index (χ1n) is 4.82. The third kappa shape index (κ3) is 1.68. The van der Waals surface area contributed by atoms with Crippen LogP contribution in [0.2, 0.25) is 0 Å². The number of nitrogens with zero attached hydrogens (tertiary/aromatic N) is 1. The molecule has 0 fully saturated rings. The average Bonchev–Trinajstić information content (AvgIpc) is 2.43. The largest absolute Gasteiger partial charge is 0.330 e. The normalized spacial score (nSPS) is 11.1. The zero-order valence-corrected chi connectivity index (χ0v) is 9.57. The number of fused-ring (bicyclic) bond motifs is 1. The van der Waals surface area contributed by atoms with Crippen molar-refractivity contribution in [2.24, 2.45) is 5.73 Å². The molecule has 0 radical (unpaired) electrons. The van der Waals surface area contributed by atoms with Crippen LogP contribution in [0.1, 0.15) is 16.3 Å². The molecule has 3 N–H and O–H groups in total. The van der Waals surface area contributed by atoms with Gasteiger partial charge in [-0.05, 0) is 32.4 Å². The van der Waals surface area contributed by atoms with Crippen molar-refractivity contribution in [3.05, 3.63) is 26.6 Å². The summed E-state index contributed by atoms with van der Waals surface area (Å²) in [6.45, 7) is 4.35. The highest BCUT2D eigenvalue weighted by Gasteiger charge is 2.12. The van der Waals surface area contributed by atoms with Crippen LogP contribution in [0.25, 0.3) is 10.2 Å². The van der Waals surface area contributed by atoms with Crippen molar-refractivity contribution >= 4 is 21.6 Å².